The fraction of sp³-hybridized carbons (Fsp3) is 0.778. The Balaban J connectivity index is 4.17. The molecule has 0 aromatic rings. The summed E-state index contributed by atoms with van der Waals surface area (Å²) in [5.74, 6) is -0.0983. The fourth-order valence-electron chi connectivity index (χ4n) is 1.04. The molecule has 6 nitrogen and oxygen atoms in total. The van der Waals surface area contributed by atoms with Crippen molar-refractivity contribution in [3.05, 3.63) is 0 Å². The Morgan fingerprint density at radius 2 is 1.93 bits per heavy atom. The Hall–Kier alpha value is -1.30. The van der Waals surface area contributed by atoms with Crippen LogP contribution in [-0.4, -0.2) is 42.9 Å². The van der Waals surface area contributed by atoms with E-state index in [0.29, 0.717) is 6.54 Å². The smallest absolute Gasteiger partial charge is 0.426 e. The van der Waals surface area contributed by atoms with Crippen LogP contribution in [0.1, 0.15) is 20.8 Å². The van der Waals surface area contributed by atoms with E-state index in [1.165, 1.54) is 11.8 Å². The summed E-state index contributed by atoms with van der Waals surface area (Å²) in [7, 11) is 1.63. The van der Waals surface area contributed by atoms with Crippen molar-refractivity contribution < 1.29 is 19.1 Å². The monoisotopic (exact) mass is 218 g/mol. The first-order valence-electron chi connectivity index (χ1n) is 4.56. The Labute approximate surface area is 89.3 Å². The number of ether oxygens (including phenoxy) is 2. The molecule has 0 saturated heterocycles. The van der Waals surface area contributed by atoms with E-state index < -0.39 is 11.8 Å². The molecule has 2 N–H and O–H groups in total. The molecule has 0 radical (unpaired) electrons. The molecule has 0 rings (SSSR count). The summed E-state index contributed by atoms with van der Waals surface area (Å²) in [6, 6.07) is 0. The van der Waals surface area contributed by atoms with Gasteiger partial charge in [-0.25, -0.2) is 4.79 Å². The van der Waals surface area contributed by atoms with E-state index in [1.807, 2.05) is 0 Å². The molecule has 0 spiro atoms. The van der Waals surface area contributed by atoms with Gasteiger partial charge in [0.15, 0.2) is 0 Å². The first-order valence-corrected chi connectivity index (χ1v) is 4.56. The van der Waals surface area contributed by atoms with Crippen molar-refractivity contribution in [3.63, 3.8) is 0 Å². The summed E-state index contributed by atoms with van der Waals surface area (Å²) in [6.07, 6.45) is -0.834. The van der Waals surface area contributed by atoms with Crippen molar-refractivity contribution in [3.8, 4) is 0 Å². The third-order valence-corrected chi connectivity index (χ3v) is 1.72. The molecule has 0 fully saturated rings. The highest BCUT2D eigenvalue weighted by Gasteiger charge is 2.26. The Bertz CT molecular complexity index is 240. The van der Waals surface area contributed by atoms with Gasteiger partial charge in [0.05, 0.1) is 6.54 Å². The van der Waals surface area contributed by atoms with Crippen LogP contribution in [0.3, 0.4) is 0 Å². The summed E-state index contributed by atoms with van der Waals surface area (Å²) < 4.78 is 9.40. The number of rotatable bonds is 4. The molecule has 0 saturated carbocycles. The van der Waals surface area contributed by atoms with E-state index >= 15 is 0 Å². The second-order valence-electron chi connectivity index (χ2n) is 3.80. The van der Waals surface area contributed by atoms with Crippen molar-refractivity contribution in [2.75, 3.05) is 20.3 Å². The molecule has 0 aliphatic heterocycles. The van der Waals surface area contributed by atoms with Gasteiger partial charge in [0.2, 0.25) is 5.91 Å². The number of nitrogens with two attached hydrogens (primary N) is 1. The lowest BCUT2D eigenvalue weighted by Crippen LogP contribution is -2.42. The molecule has 15 heavy (non-hydrogen) atoms. The van der Waals surface area contributed by atoms with Crippen molar-refractivity contribution >= 4 is 12.1 Å². The predicted octanol–water partition coefficient (Wildman–Crippen LogP) is 0.313. The minimum absolute atomic E-state index is 0.0983. The number of carbonyl (C=O) groups excluding carboxylic acids is 2. The molecule has 88 valence electrons. The van der Waals surface area contributed by atoms with Crippen molar-refractivity contribution in [1.29, 1.82) is 0 Å². The standard InChI is InChI=1S/C9H18N2O4/c1-7(12)11(4)5-9(2,3)15-8(13)14-6-10/h5-6,10H2,1-4H3. The Morgan fingerprint density at radius 3 is 2.33 bits per heavy atom. The maximum absolute atomic E-state index is 11.0. The Kier molecular flexibility index (Phi) is 5.07. The first-order chi connectivity index (χ1) is 6.78. The molecule has 0 atom stereocenters. The maximum atomic E-state index is 11.0. The quantitative estimate of drug-likeness (QED) is 0.542. The maximum Gasteiger partial charge on any atom is 0.510 e. The van der Waals surface area contributed by atoms with E-state index in [0.717, 1.165) is 0 Å². The molecule has 1 amide bonds. The number of amides is 1. The lowest BCUT2D eigenvalue weighted by Gasteiger charge is -2.28. The number of nitrogens with zero attached hydrogens (tertiary/aromatic N) is 1. The van der Waals surface area contributed by atoms with Crippen LogP contribution in [-0.2, 0) is 14.3 Å². The molecule has 0 aliphatic carbocycles. The van der Waals surface area contributed by atoms with Gasteiger partial charge in [0.25, 0.3) is 0 Å². The predicted molar refractivity (Wildman–Crippen MR) is 54.0 cm³/mol. The molecule has 0 aromatic carbocycles. The highest BCUT2D eigenvalue weighted by atomic mass is 16.7. The fourth-order valence-corrected chi connectivity index (χ4v) is 1.04. The minimum atomic E-state index is -0.834. The number of hydrogen-bond acceptors (Lipinski definition) is 5. The van der Waals surface area contributed by atoms with Crippen LogP contribution >= 0.6 is 0 Å². The summed E-state index contributed by atoms with van der Waals surface area (Å²) in [6.45, 7) is 4.88. The normalized spacial score (nSPS) is 10.7. The van der Waals surface area contributed by atoms with E-state index in [9.17, 15) is 9.59 Å². The second kappa shape index (κ2) is 5.55. The molecular weight excluding hydrogens is 200 g/mol. The molecule has 0 bridgehead atoms. The molecular formula is C9H18N2O4. The molecule has 0 unspecified atom stereocenters. The lowest BCUT2D eigenvalue weighted by molar-refractivity contribution is -0.130. The van der Waals surface area contributed by atoms with Gasteiger partial charge < -0.3 is 14.4 Å². The zero-order valence-electron chi connectivity index (χ0n) is 9.57. The van der Waals surface area contributed by atoms with Crippen molar-refractivity contribution in [2.45, 2.75) is 26.4 Å². The van der Waals surface area contributed by atoms with Gasteiger partial charge in [0.1, 0.15) is 12.3 Å². The summed E-state index contributed by atoms with van der Waals surface area (Å²) in [5.41, 5.74) is 4.21. The van der Waals surface area contributed by atoms with Crippen LogP contribution < -0.4 is 5.73 Å². The molecule has 0 aromatic heterocycles. The topological polar surface area (TPSA) is 81.9 Å². The summed E-state index contributed by atoms with van der Waals surface area (Å²) in [4.78, 5) is 23.4. The number of likely N-dealkylation sites (N-methyl/N-ethyl adjacent to an activating group) is 1. The number of carbonyl (C=O) groups is 2. The second-order valence-corrected chi connectivity index (χ2v) is 3.80. The summed E-state index contributed by atoms with van der Waals surface area (Å²) in [5, 5.41) is 0. The number of hydrogen-bond donors (Lipinski definition) is 1. The average molecular weight is 218 g/mol. The lowest BCUT2D eigenvalue weighted by atomic mass is 10.1. The van der Waals surface area contributed by atoms with E-state index in [1.54, 1.807) is 20.9 Å². The van der Waals surface area contributed by atoms with Gasteiger partial charge in [-0.15, -0.1) is 0 Å². The zero-order valence-corrected chi connectivity index (χ0v) is 9.57. The van der Waals surface area contributed by atoms with Crippen LogP contribution in [0.2, 0.25) is 0 Å². The van der Waals surface area contributed by atoms with Gasteiger partial charge in [-0.2, -0.15) is 0 Å². The van der Waals surface area contributed by atoms with Crippen molar-refractivity contribution in [1.82, 2.24) is 4.90 Å². The van der Waals surface area contributed by atoms with Crippen LogP contribution in [0.15, 0.2) is 0 Å². The zero-order chi connectivity index (χ0) is 12.1. The van der Waals surface area contributed by atoms with Gasteiger partial charge in [-0.1, -0.05) is 0 Å². The van der Waals surface area contributed by atoms with Gasteiger partial charge in [0, 0.05) is 14.0 Å². The molecule has 6 heteroatoms. The van der Waals surface area contributed by atoms with Crippen LogP contribution in [0, 0.1) is 0 Å². The highest BCUT2D eigenvalue weighted by molar-refractivity contribution is 5.73. The minimum Gasteiger partial charge on any atom is -0.426 e. The highest BCUT2D eigenvalue weighted by Crippen LogP contribution is 2.11. The van der Waals surface area contributed by atoms with E-state index in [-0.39, 0.29) is 12.6 Å². The van der Waals surface area contributed by atoms with Crippen LogP contribution in [0.4, 0.5) is 4.79 Å². The molecule has 0 aliphatic rings. The SMILES string of the molecule is CC(=O)N(C)CC(C)(C)OC(=O)OCN. The van der Waals surface area contributed by atoms with Crippen LogP contribution in [0.25, 0.3) is 0 Å². The van der Waals surface area contributed by atoms with E-state index in [4.69, 9.17) is 10.5 Å². The Morgan fingerprint density at radius 1 is 1.40 bits per heavy atom. The van der Waals surface area contributed by atoms with Gasteiger partial charge in [-0.3, -0.25) is 10.5 Å². The first kappa shape index (κ1) is 13.7. The van der Waals surface area contributed by atoms with Crippen molar-refractivity contribution in [2.24, 2.45) is 5.73 Å². The van der Waals surface area contributed by atoms with Crippen LogP contribution in [0.5, 0.6) is 0 Å². The van der Waals surface area contributed by atoms with Gasteiger partial charge in [-0.05, 0) is 13.8 Å². The third kappa shape index (κ3) is 5.90. The van der Waals surface area contributed by atoms with E-state index in [2.05, 4.69) is 4.74 Å². The molecule has 0 heterocycles. The average Bonchev–Trinajstić information content (AvgIpc) is 2.01. The van der Waals surface area contributed by atoms with Gasteiger partial charge >= 0.3 is 6.16 Å². The largest absolute Gasteiger partial charge is 0.510 e. The third-order valence-electron chi connectivity index (χ3n) is 1.72. The summed E-state index contributed by atoms with van der Waals surface area (Å²) >= 11 is 0.